The first kappa shape index (κ1) is 21.4. The van der Waals surface area contributed by atoms with Crippen LogP contribution >= 0.6 is 11.8 Å². The van der Waals surface area contributed by atoms with Gasteiger partial charge in [0.05, 0.1) is 0 Å². The van der Waals surface area contributed by atoms with Crippen molar-refractivity contribution in [3.05, 3.63) is 84.7 Å². The van der Waals surface area contributed by atoms with Crippen molar-refractivity contribution in [1.82, 2.24) is 15.6 Å². The number of amides is 2. The second-order valence-electron chi connectivity index (χ2n) is 6.53. The maximum atomic E-state index is 12.6. The number of benzene rings is 2. The molecular formula is C23H23N3O3S. The molecule has 0 aliphatic carbocycles. The van der Waals surface area contributed by atoms with E-state index in [4.69, 9.17) is 4.74 Å². The monoisotopic (exact) mass is 421 g/mol. The molecule has 7 heteroatoms. The van der Waals surface area contributed by atoms with Gasteiger partial charge in [-0.25, -0.2) is 0 Å². The first-order valence-electron chi connectivity index (χ1n) is 9.49. The smallest absolute Gasteiger partial charge is 0.243 e. The maximum absolute atomic E-state index is 12.6. The number of rotatable bonds is 9. The van der Waals surface area contributed by atoms with Crippen molar-refractivity contribution in [2.24, 2.45) is 0 Å². The molecule has 0 saturated heterocycles. The number of nitrogens with one attached hydrogen (secondary N) is 2. The second kappa shape index (κ2) is 11.0. The van der Waals surface area contributed by atoms with E-state index in [-0.39, 0.29) is 11.8 Å². The summed E-state index contributed by atoms with van der Waals surface area (Å²) in [6.45, 7) is 1.76. The predicted octanol–water partition coefficient (Wildman–Crippen LogP) is 3.79. The number of hydrogen-bond acceptors (Lipinski definition) is 5. The highest BCUT2D eigenvalue weighted by molar-refractivity contribution is 7.99. The van der Waals surface area contributed by atoms with Gasteiger partial charge in [-0.2, -0.15) is 0 Å². The third-order valence-corrected chi connectivity index (χ3v) is 5.21. The fraction of sp³-hybridized carbons (Fsp3) is 0.174. The highest BCUT2D eigenvalue weighted by Crippen LogP contribution is 2.25. The van der Waals surface area contributed by atoms with Gasteiger partial charge in [0.25, 0.3) is 0 Å². The summed E-state index contributed by atoms with van der Waals surface area (Å²) in [5.41, 5.74) is 0.897. The van der Waals surface area contributed by atoms with Gasteiger partial charge in [-0.15, -0.1) is 11.8 Å². The minimum atomic E-state index is -0.635. The molecule has 1 atom stereocenters. The summed E-state index contributed by atoms with van der Waals surface area (Å²) in [6, 6.07) is 20.2. The minimum Gasteiger partial charge on any atom is -0.457 e. The summed E-state index contributed by atoms with van der Waals surface area (Å²) in [4.78, 5) is 29.1. The van der Waals surface area contributed by atoms with Crippen molar-refractivity contribution in [3.63, 3.8) is 0 Å². The average molecular weight is 422 g/mol. The zero-order valence-corrected chi connectivity index (χ0v) is 17.4. The van der Waals surface area contributed by atoms with E-state index >= 15 is 0 Å². The molecule has 0 saturated carbocycles. The number of pyridine rings is 1. The molecule has 2 amide bonds. The van der Waals surface area contributed by atoms with E-state index in [0.717, 1.165) is 22.0 Å². The molecule has 1 unspecified atom stereocenters. The molecule has 0 bridgehead atoms. The molecule has 0 radical (unpaired) electrons. The van der Waals surface area contributed by atoms with Crippen LogP contribution in [0, 0.1) is 0 Å². The topological polar surface area (TPSA) is 80.3 Å². The first-order valence-corrected chi connectivity index (χ1v) is 10.5. The first-order chi connectivity index (χ1) is 14.6. The van der Waals surface area contributed by atoms with Gasteiger partial charge in [0.15, 0.2) is 0 Å². The van der Waals surface area contributed by atoms with Crippen molar-refractivity contribution in [2.75, 3.05) is 5.75 Å². The molecule has 6 nitrogen and oxygen atoms in total. The zero-order valence-electron chi connectivity index (χ0n) is 16.6. The number of para-hydroxylation sites is 1. The zero-order chi connectivity index (χ0) is 21.2. The third-order valence-electron chi connectivity index (χ3n) is 4.10. The van der Waals surface area contributed by atoms with Gasteiger partial charge >= 0.3 is 0 Å². The van der Waals surface area contributed by atoms with Gasteiger partial charge in [-0.3, -0.25) is 14.6 Å². The SMILES string of the molecule is CC(=O)NC(CSc1ccc(Oc2ccccc2)cc1)C(=O)NCc1cccnc1. The van der Waals surface area contributed by atoms with Gasteiger partial charge in [-0.05, 0) is 48.0 Å². The molecule has 3 rings (SSSR count). The molecule has 0 aliphatic heterocycles. The van der Waals surface area contributed by atoms with E-state index < -0.39 is 6.04 Å². The number of thioether (sulfide) groups is 1. The summed E-state index contributed by atoms with van der Waals surface area (Å²) >= 11 is 1.49. The van der Waals surface area contributed by atoms with Crippen LogP contribution in [0.5, 0.6) is 11.5 Å². The summed E-state index contributed by atoms with van der Waals surface area (Å²) < 4.78 is 5.79. The second-order valence-corrected chi connectivity index (χ2v) is 7.62. The number of hydrogen-bond donors (Lipinski definition) is 2. The lowest BCUT2D eigenvalue weighted by molar-refractivity contribution is -0.127. The van der Waals surface area contributed by atoms with E-state index in [0.29, 0.717) is 12.3 Å². The van der Waals surface area contributed by atoms with Crippen LogP contribution in [0.4, 0.5) is 0 Å². The summed E-state index contributed by atoms with van der Waals surface area (Å²) in [5, 5.41) is 5.57. The lowest BCUT2D eigenvalue weighted by Crippen LogP contribution is -2.47. The summed E-state index contributed by atoms with van der Waals surface area (Å²) in [7, 11) is 0. The summed E-state index contributed by atoms with van der Waals surface area (Å²) in [6.07, 6.45) is 3.37. The van der Waals surface area contributed by atoms with Crippen LogP contribution in [0.15, 0.2) is 84.0 Å². The van der Waals surface area contributed by atoms with E-state index in [2.05, 4.69) is 15.6 Å². The van der Waals surface area contributed by atoms with Gasteiger partial charge in [-0.1, -0.05) is 24.3 Å². The Morgan fingerprint density at radius 1 is 1.00 bits per heavy atom. The molecule has 30 heavy (non-hydrogen) atoms. The highest BCUT2D eigenvalue weighted by Gasteiger charge is 2.19. The molecule has 1 heterocycles. The maximum Gasteiger partial charge on any atom is 0.243 e. The highest BCUT2D eigenvalue weighted by atomic mass is 32.2. The molecule has 0 fully saturated rings. The molecule has 3 aromatic rings. The fourth-order valence-corrected chi connectivity index (χ4v) is 3.57. The third kappa shape index (κ3) is 6.93. The van der Waals surface area contributed by atoms with Gasteiger partial charge in [0.2, 0.25) is 11.8 Å². The van der Waals surface area contributed by atoms with Crippen molar-refractivity contribution >= 4 is 23.6 Å². The molecular weight excluding hydrogens is 398 g/mol. The molecule has 154 valence electrons. The van der Waals surface area contributed by atoms with Crippen LogP contribution in [0.25, 0.3) is 0 Å². The Morgan fingerprint density at radius 3 is 2.40 bits per heavy atom. The molecule has 2 aromatic carbocycles. The van der Waals surface area contributed by atoms with E-state index in [1.54, 1.807) is 12.4 Å². The Labute approximate surface area is 180 Å². The van der Waals surface area contributed by atoms with E-state index in [9.17, 15) is 9.59 Å². The van der Waals surface area contributed by atoms with Gasteiger partial charge in [0, 0.05) is 36.5 Å². The van der Waals surface area contributed by atoms with Crippen LogP contribution in [0.3, 0.4) is 0 Å². The largest absolute Gasteiger partial charge is 0.457 e. The van der Waals surface area contributed by atoms with Crippen molar-refractivity contribution in [3.8, 4) is 11.5 Å². The quantitative estimate of drug-likeness (QED) is 0.514. The predicted molar refractivity (Wildman–Crippen MR) is 117 cm³/mol. The summed E-state index contributed by atoms with van der Waals surface area (Å²) in [5.74, 6) is 1.44. The number of ether oxygens (including phenoxy) is 1. The molecule has 1 aromatic heterocycles. The number of aromatic nitrogens is 1. The number of nitrogens with zero attached hydrogens (tertiary/aromatic N) is 1. The van der Waals surface area contributed by atoms with Crippen LogP contribution in [0.2, 0.25) is 0 Å². The fourth-order valence-electron chi connectivity index (χ4n) is 2.65. The minimum absolute atomic E-state index is 0.231. The number of carbonyl (C=O) groups excluding carboxylic acids is 2. The Morgan fingerprint density at radius 2 is 1.73 bits per heavy atom. The van der Waals surface area contributed by atoms with Crippen molar-refractivity contribution in [2.45, 2.75) is 24.4 Å². The van der Waals surface area contributed by atoms with Gasteiger partial charge < -0.3 is 15.4 Å². The Hall–Kier alpha value is -3.32. The van der Waals surface area contributed by atoms with Crippen molar-refractivity contribution < 1.29 is 14.3 Å². The molecule has 0 aliphatic rings. The molecule has 0 spiro atoms. The Balaban J connectivity index is 1.54. The van der Waals surface area contributed by atoms with Crippen molar-refractivity contribution in [1.29, 1.82) is 0 Å². The molecule has 2 N–H and O–H groups in total. The van der Waals surface area contributed by atoms with Crippen LogP contribution in [-0.4, -0.2) is 28.6 Å². The van der Waals surface area contributed by atoms with Crippen LogP contribution in [0.1, 0.15) is 12.5 Å². The van der Waals surface area contributed by atoms with E-state index in [1.807, 2.05) is 66.7 Å². The Bertz CT molecular complexity index is 950. The van der Waals surface area contributed by atoms with Crippen LogP contribution < -0.4 is 15.4 Å². The average Bonchev–Trinajstić information content (AvgIpc) is 2.77. The number of carbonyl (C=O) groups is 2. The Kier molecular flexibility index (Phi) is 7.86. The normalized spacial score (nSPS) is 11.4. The standard InChI is InChI=1S/C23H23N3O3S/c1-17(27)26-22(23(28)25-15-18-6-5-13-24-14-18)16-30-21-11-9-20(10-12-21)29-19-7-3-2-4-8-19/h2-14,22H,15-16H2,1H3,(H,25,28)(H,26,27). The lowest BCUT2D eigenvalue weighted by atomic mass is 10.2. The van der Waals surface area contributed by atoms with Gasteiger partial charge in [0.1, 0.15) is 17.5 Å². The van der Waals surface area contributed by atoms with E-state index in [1.165, 1.54) is 18.7 Å². The van der Waals surface area contributed by atoms with Crippen LogP contribution in [-0.2, 0) is 16.1 Å². The lowest BCUT2D eigenvalue weighted by Gasteiger charge is -2.17.